The number of benzene rings is 4. The standard InChI is InChI=1S/C58H50N10O6/c1-66-45-8-2-5-41-37(22-47(69)61-39-11-9-33-24-57(26-35(33)20-39)42-6-3-14-59-52(42)64-55(57)73)28-67(51(41)45)16-13-32(54(66)72)17-31-18-44-50-38(23-48(70)63-44)29-68(46(50)19-31)30-49(71)62-40-12-10-34-25-58(27-36(34)21-40)43-7-4-15-60-53(43)65-56(58)74/h2-12,14-15,18-21,28,32,38H,13,16-17,22-27,29-30H2,1H3,(H,61,69)(H,62,71)(H,63,70)(H,59,64,73)(H,60,65,74). The lowest BCUT2D eigenvalue weighted by Gasteiger charge is -2.29. The highest BCUT2D eigenvalue weighted by Crippen LogP contribution is 2.50. The molecule has 7 aliphatic rings. The summed E-state index contributed by atoms with van der Waals surface area (Å²) in [6.45, 7) is 1.12. The molecule has 0 bridgehead atoms. The number of hydrogen-bond donors (Lipinski definition) is 5. The summed E-state index contributed by atoms with van der Waals surface area (Å²) in [6.07, 6.45) is 8.97. The molecule has 2 spiro atoms. The van der Waals surface area contributed by atoms with E-state index in [9.17, 15) is 28.8 Å². The third kappa shape index (κ3) is 6.79. The maximum absolute atomic E-state index is 14.6. The molecule has 0 saturated carbocycles. The second-order valence-corrected chi connectivity index (χ2v) is 21.3. The Hall–Kier alpha value is -8.66. The van der Waals surface area contributed by atoms with Crippen molar-refractivity contribution >= 4 is 86.4 Å². The molecule has 8 heterocycles. The summed E-state index contributed by atoms with van der Waals surface area (Å²) in [5.74, 6) is 0.165. The van der Waals surface area contributed by atoms with Gasteiger partial charge >= 0.3 is 0 Å². The van der Waals surface area contributed by atoms with Gasteiger partial charge in [-0.25, -0.2) is 9.97 Å². The Bertz CT molecular complexity index is 3700. The van der Waals surface area contributed by atoms with E-state index in [1.807, 2.05) is 96.0 Å². The van der Waals surface area contributed by atoms with Crippen LogP contribution in [0, 0.1) is 5.92 Å². The van der Waals surface area contributed by atoms with Crippen LogP contribution in [0.4, 0.5) is 40.1 Å². The monoisotopic (exact) mass is 982 g/mol. The van der Waals surface area contributed by atoms with Gasteiger partial charge in [0.2, 0.25) is 35.4 Å². The molecule has 4 aromatic carbocycles. The number of nitrogens with zero attached hydrogens (tertiary/aromatic N) is 5. The molecule has 5 aliphatic heterocycles. The highest BCUT2D eigenvalue weighted by molar-refractivity contribution is 6.09. The summed E-state index contributed by atoms with van der Waals surface area (Å²) in [5.41, 5.74) is 11.9. The Balaban J connectivity index is 0.669. The van der Waals surface area contributed by atoms with Gasteiger partial charge in [-0.15, -0.1) is 0 Å². The van der Waals surface area contributed by atoms with Crippen LogP contribution in [0.2, 0.25) is 0 Å². The molecule has 2 aliphatic carbocycles. The number of nitrogens with one attached hydrogen (secondary N) is 5. The number of aromatic nitrogens is 3. The molecule has 7 aromatic rings. The van der Waals surface area contributed by atoms with Crippen molar-refractivity contribution in [3.8, 4) is 0 Å². The summed E-state index contributed by atoms with van der Waals surface area (Å²) < 4.78 is 2.16. The van der Waals surface area contributed by atoms with Crippen LogP contribution in [-0.4, -0.2) is 70.1 Å². The molecule has 0 saturated heterocycles. The lowest BCUT2D eigenvalue weighted by Crippen LogP contribution is -2.36. The van der Waals surface area contributed by atoms with Crippen LogP contribution < -0.4 is 36.4 Å². The number of rotatable bonds is 8. The average molecular weight is 983 g/mol. The molecule has 6 amide bonds. The third-order valence-corrected chi connectivity index (χ3v) is 16.9. The number of para-hydroxylation sites is 1. The van der Waals surface area contributed by atoms with Crippen LogP contribution >= 0.6 is 0 Å². The predicted octanol–water partition coefficient (Wildman–Crippen LogP) is 6.70. The van der Waals surface area contributed by atoms with Gasteiger partial charge in [0.05, 0.1) is 35.0 Å². The smallest absolute Gasteiger partial charge is 0.243 e. The minimum absolute atomic E-state index is 0.0283. The fourth-order valence-electron chi connectivity index (χ4n) is 13.5. The largest absolute Gasteiger partial charge is 0.361 e. The zero-order valence-corrected chi connectivity index (χ0v) is 40.5. The number of anilines is 7. The van der Waals surface area contributed by atoms with Crippen molar-refractivity contribution < 1.29 is 28.8 Å². The van der Waals surface area contributed by atoms with Crippen molar-refractivity contribution in [2.24, 2.45) is 5.92 Å². The summed E-state index contributed by atoms with van der Waals surface area (Å²) in [7, 11) is 1.81. The number of carbonyl (C=O) groups excluding carboxylic acids is 6. The Kier molecular flexibility index (Phi) is 9.63. The fourth-order valence-corrected chi connectivity index (χ4v) is 13.5. The summed E-state index contributed by atoms with van der Waals surface area (Å²) >= 11 is 0. The highest BCUT2D eigenvalue weighted by atomic mass is 16.2. The van der Waals surface area contributed by atoms with Gasteiger partial charge in [-0.1, -0.05) is 36.4 Å². The Morgan fingerprint density at radius 3 is 2.04 bits per heavy atom. The molecular weight excluding hydrogens is 933 g/mol. The van der Waals surface area contributed by atoms with Crippen LogP contribution in [0.3, 0.4) is 0 Å². The van der Waals surface area contributed by atoms with E-state index in [0.717, 1.165) is 78.0 Å². The molecule has 16 heteroatoms. The van der Waals surface area contributed by atoms with E-state index in [1.54, 1.807) is 24.3 Å². The van der Waals surface area contributed by atoms with E-state index in [0.29, 0.717) is 81.0 Å². The molecule has 368 valence electrons. The molecule has 4 unspecified atom stereocenters. The molecule has 14 rings (SSSR count). The van der Waals surface area contributed by atoms with Crippen molar-refractivity contribution in [1.82, 2.24) is 14.5 Å². The predicted molar refractivity (Wildman–Crippen MR) is 280 cm³/mol. The third-order valence-electron chi connectivity index (χ3n) is 16.9. The zero-order valence-electron chi connectivity index (χ0n) is 40.5. The van der Waals surface area contributed by atoms with E-state index in [4.69, 9.17) is 0 Å². The molecule has 4 atom stereocenters. The molecule has 74 heavy (non-hydrogen) atoms. The van der Waals surface area contributed by atoms with Gasteiger partial charge in [0, 0.05) is 102 Å². The van der Waals surface area contributed by atoms with Gasteiger partial charge in [-0.3, -0.25) is 28.8 Å². The van der Waals surface area contributed by atoms with Crippen LogP contribution in [0.15, 0.2) is 110 Å². The maximum Gasteiger partial charge on any atom is 0.243 e. The van der Waals surface area contributed by atoms with Gasteiger partial charge in [-0.2, -0.15) is 0 Å². The molecule has 3 aromatic heterocycles. The van der Waals surface area contributed by atoms with Gasteiger partial charge < -0.3 is 41.0 Å². The van der Waals surface area contributed by atoms with Gasteiger partial charge in [0.25, 0.3) is 0 Å². The zero-order chi connectivity index (χ0) is 50.2. The summed E-state index contributed by atoms with van der Waals surface area (Å²) in [4.78, 5) is 94.5. The van der Waals surface area contributed by atoms with Gasteiger partial charge in [-0.05, 0) is 127 Å². The van der Waals surface area contributed by atoms with E-state index < -0.39 is 16.7 Å². The second-order valence-electron chi connectivity index (χ2n) is 21.3. The molecule has 0 radical (unpaired) electrons. The summed E-state index contributed by atoms with van der Waals surface area (Å²) in [5, 5.41) is 16.1. The van der Waals surface area contributed by atoms with E-state index >= 15 is 0 Å². The maximum atomic E-state index is 14.6. The number of amides is 6. The Morgan fingerprint density at radius 2 is 1.36 bits per heavy atom. The van der Waals surface area contributed by atoms with Crippen molar-refractivity contribution in [3.05, 3.63) is 160 Å². The van der Waals surface area contributed by atoms with Crippen LogP contribution in [0.1, 0.15) is 68.8 Å². The number of carbonyl (C=O) groups is 6. The van der Waals surface area contributed by atoms with Crippen LogP contribution in [-0.2, 0) is 84.7 Å². The first-order valence-corrected chi connectivity index (χ1v) is 25.4. The first kappa shape index (κ1) is 44.1. The van der Waals surface area contributed by atoms with Crippen LogP contribution in [0.5, 0.6) is 0 Å². The first-order valence-electron chi connectivity index (χ1n) is 25.4. The molecule has 16 nitrogen and oxygen atoms in total. The number of pyridine rings is 2. The lowest BCUT2D eigenvalue weighted by atomic mass is 9.79. The van der Waals surface area contributed by atoms with Crippen molar-refractivity contribution in [1.29, 1.82) is 0 Å². The number of fused-ring (bicyclic) bond motifs is 6. The van der Waals surface area contributed by atoms with E-state index in [2.05, 4.69) is 47.2 Å². The number of aryl methyl sites for hydroxylation is 1. The average Bonchev–Trinajstić information content (AvgIpc) is 4.23. The highest BCUT2D eigenvalue weighted by Gasteiger charge is 2.52. The fraction of sp³-hybridized carbons (Fsp3) is 0.276. The van der Waals surface area contributed by atoms with Crippen molar-refractivity contribution in [3.63, 3.8) is 0 Å². The van der Waals surface area contributed by atoms with Gasteiger partial charge in [0.15, 0.2) is 0 Å². The Morgan fingerprint density at radius 1 is 0.716 bits per heavy atom. The molecule has 0 fully saturated rings. The van der Waals surface area contributed by atoms with E-state index in [1.165, 1.54) is 0 Å². The second kappa shape index (κ2) is 16.2. The lowest BCUT2D eigenvalue weighted by molar-refractivity contribution is -0.122. The van der Waals surface area contributed by atoms with E-state index in [-0.39, 0.29) is 54.3 Å². The first-order chi connectivity index (χ1) is 35.9. The quantitative estimate of drug-likeness (QED) is 0.110. The SMILES string of the molecule is CN1C(=O)C(Cc2cc3c4c(c2)N(CC(=O)Nc2ccc5c(c2)CC2(C5)C(=O)Nc5ncccc52)CC4CC(=O)N3)CCn2cc(CC(=O)Nc3ccc4c(c3)CC3(C4)C(=O)Nc4ncccc43)c3cccc1c32. The molecule has 5 N–H and O–H groups in total. The van der Waals surface area contributed by atoms with Crippen molar-refractivity contribution in [2.45, 2.75) is 74.7 Å². The number of hydrogen-bond acceptors (Lipinski definition) is 9. The van der Waals surface area contributed by atoms with Crippen LogP contribution in [0.25, 0.3) is 10.9 Å². The van der Waals surface area contributed by atoms with Crippen molar-refractivity contribution in [2.75, 3.05) is 56.5 Å². The minimum Gasteiger partial charge on any atom is -0.361 e. The summed E-state index contributed by atoms with van der Waals surface area (Å²) in [6, 6.07) is 29.3. The molecular formula is C58H50N10O6. The topological polar surface area (TPSA) is 200 Å². The van der Waals surface area contributed by atoms with Gasteiger partial charge in [0.1, 0.15) is 11.6 Å². The normalized spacial score (nSPS) is 22.4. The minimum atomic E-state index is -0.711. The Labute approximate surface area is 424 Å².